The Labute approximate surface area is 154 Å². The van der Waals surface area contributed by atoms with Crippen molar-refractivity contribution >= 4 is 11.7 Å². The zero-order valence-electron chi connectivity index (χ0n) is 16.1. The van der Waals surface area contributed by atoms with Gasteiger partial charge in [-0.3, -0.25) is 9.59 Å². The fraction of sp³-hybridized carbons (Fsp3) is 0.550. The third kappa shape index (κ3) is 3.45. The molecule has 0 aliphatic carbocycles. The van der Waals surface area contributed by atoms with Gasteiger partial charge in [0.15, 0.2) is 5.78 Å². The number of Topliss-reactive ketones (excluding diaryl/α,β-unsaturated/α-hetero) is 1. The molecule has 140 valence electrons. The van der Waals surface area contributed by atoms with Gasteiger partial charge in [0.25, 0.3) is 5.91 Å². The Morgan fingerprint density at radius 3 is 2.69 bits per heavy atom. The van der Waals surface area contributed by atoms with Gasteiger partial charge in [-0.2, -0.15) is 0 Å². The number of rotatable bonds is 5. The predicted octanol–water partition coefficient (Wildman–Crippen LogP) is 3.20. The first kappa shape index (κ1) is 18.4. The van der Waals surface area contributed by atoms with E-state index in [2.05, 4.69) is 9.97 Å². The Morgan fingerprint density at radius 2 is 2.08 bits per heavy atom. The smallest absolute Gasteiger partial charge is 0.256 e. The monoisotopic (exact) mass is 356 g/mol. The number of hydrogen-bond acceptors (Lipinski definition) is 3. The van der Waals surface area contributed by atoms with E-state index in [1.165, 1.54) is 6.92 Å². The molecule has 1 saturated heterocycles. The first-order valence-corrected chi connectivity index (χ1v) is 9.37. The van der Waals surface area contributed by atoms with Crippen LogP contribution < -0.4 is 0 Å². The summed E-state index contributed by atoms with van der Waals surface area (Å²) in [6.07, 6.45) is 8.76. The number of aromatic amines is 1. The van der Waals surface area contributed by atoms with Gasteiger partial charge in [-0.1, -0.05) is 0 Å². The van der Waals surface area contributed by atoms with Crippen LogP contribution in [0.2, 0.25) is 0 Å². The molecule has 6 nitrogen and oxygen atoms in total. The van der Waals surface area contributed by atoms with Crippen LogP contribution in [0, 0.1) is 13.8 Å². The van der Waals surface area contributed by atoms with Gasteiger partial charge in [0.2, 0.25) is 0 Å². The van der Waals surface area contributed by atoms with E-state index in [9.17, 15) is 9.59 Å². The molecular weight excluding hydrogens is 328 g/mol. The number of carbonyl (C=O) groups is 2. The molecule has 0 saturated carbocycles. The number of nitrogens with one attached hydrogen (secondary N) is 1. The second-order valence-electron chi connectivity index (χ2n) is 7.32. The summed E-state index contributed by atoms with van der Waals surface area (Å²) < 4.78 is 2.04. The van der Waals surface area contributed by atoms with Crippen LogP contribution in [-0.4, -0.2) is 43.7 Å². The number of aromatic nitrogens is 3. The number of ketones is 1. The van der Waals surface area contributed by atoms with Crippen LogP contribution in [0.3, 0.4) is 0 Å². The zero-order valence-corrected chi connectivity index (χ0v) is 16.1. The lowest BCUT2D eigenvalue weighted by Gasteiger charge is -2.36. The van der Waals surface area contributed by atoms with Crippen molar-refractivity contribution in [1.29, 1.82) is 0 Å². The van der Waals surface area contributed by atoms with E-state index in [1.807, 2.05) is 42.8 Å². The van der Waals surface area contributed by atoms with Gasteiger partial charge in [0.1, 0.15) is 5.82 Å². The molecule has 26 heavy (non-hydrogen) atoms. The topological polar surface area (TPSA) is 71.0 Å². The molecule has 1 amide bonds. The second-order valence-corrected chi connectivity index (χ2v) is 7.32. The predicted molar refractivity (Wildman–Crippen MR) is 100 cm³/mol. The highest BCUT2D eigenvalue weighted by Gasteiger charge is 2.31. The average Bonchev–Trinajstić information content (AvgIpc) is 3.15. The van der Waals surface area contributed by atoms with E-state index in [1.54, 1.807) is 0 Å². The highest BCUT2D eigenvalue weighted by atomic mass is 16.2. The summed E-state index contributed by atoms with van der Waals surface area (Å²) in [5.74, 6) is 1.07. The van der Waals surface area contributed by atoms with Crippen molar-refractivity contribution < 1.29 is 9.59 Å². The second kappa shape index (κ2) is 7.48. The Kier molecular flexibility index (Phi) is 5.30. The molecule has 2 aromatic rings. The molecule has 3 heterocycles. The fourth-order valence-electron chi connectivity index (χ4n) is 4.07. The molecule has 0 aromatic carbocycles. The Bertz CT molecular complexity index is 818. The van der Waals surface area contributed by atoms with Crippen LogP contribution >= 0.6 is 0 Å². The molecule has 0 radical (unpaired) electrons. The maximum Gasteiger partial charge on any atom is 0.256 e. The van der Waals surface area contributed by atoms with Crippen LogP contribution in [0.5, 0.6) is 0 Å². The number of hydrogen-bond donors (Lipinski definition) is 1. The first-order valence-electron chi connectivity index (χ1n) is 9.37. The molecule has 1 N–H and O–H groups in total. The highest BCUT2D eigenvalue weighted by Crippen LogP contribution is 2.27. The summed E-state index contributed by atoms with van der Waals surface area (Å²) in [4.78, 5) is 34.6. The van der Waals surface area contributed by atoms with E-state index in [0.29, 0.717) is 11.3 Å². The minimum absolute atomic E-state index is 0.0328. The molecule has 1 atom stereocenters. The maximum absolute atomic E-state index is 13.3. The van der Waals surface area contributed by atoms with Gasteiger partial charge in [-0.25, -0.2) is 4.98 Å². The van der Waals surface area contributed by atoms with Crippen molar-refractivity contribution in [2.45, 2.75) is 58.9 Å². The lowest BCUT2D eigenvalue weighted by atomic mass is 9.96. The van der Waals surface area contributed by atoms with E-state index < -0.39 is 0 Å². The van der Waals surface area contributed by atoms with Gasteiger partial charge < -0.3 is 14.5 Å². The third-order valence-electron chi connectivity index (χ3n) is 5.51. The normalized spacial score (nSPS) is 17.5. The molecule has 0 spiro atoms. The Balaban J connectivity index is 1.80. The average molecular weight is 356 g/mol. The fourth-order valence-corrected chi connectivity index (χ4v) is 4.07. The summed E-state index contributed by atoms with van der Waals surface area (Å²) in [6, 6.07) is 0.224. The molecule has 3 rings (SSSR count). The standard InChI is InChI=1S/C20H28N4O2/c1-13-18(14(2)22-19(13)15(3)25)20(26)24-11-6-5-7-16(24)8-9-17-21-10-12-23(17)4/h10,12,16,22H,5-9,11H2,1-4H3/t16-/m1/s1. The number of nitrogens with zero attached hydrogens (tertiary/aromatic N) is 3. The SMILES string of the molecule is CC(=O)c1[nH]c(C)c(C(=O)N2CCCC[C@@H]2CCc2nccn2C)c1C. The minimum atomic E-state index is -0.0328. The van der Waals surface area contributed by atoms with Crippen molar-refractivity contribution in [2.24, 2.45) is 7.05 Å². The lowest BCUT2D eigenvalue weighted by molar-refractivity contribution is 0.0599. The van der Waals surface area contributed by atoms with Crippen molar-refractivity contribution in [1.82, 2.24) is 19.4 Å². The Morgan fingerprint density at radius 1 is 1.31 bits per heavy atom. The van der Waals surface area contributed by atoms with Gasteiger partial charge in [-0.15, -0.1) is 0 Å². The van der Waals surface area contributed by atoms with Gasteiger partial charge in [0.05, 0.1) is 11.3 Å². The summed E-state index contributed by atoms with van der Waals surface area (Å²) in [7, 11) is 2.00. The molecule has 2 aromatic heterocycles. The maximum atomic E-state index is 13.3. The molecule has 1 aliphatic heterocycles. The van der Waals surface area contributed by atoms with Crippen LogP contribution in [0.1, 0.15) is 70.5 Å². The largest absolute Gasteiger partial charge is 0.355 e. The van der Waals surface area contributed by atoms with Crippen molar-refractivity contribution in [2.75, 3.05) is 6.54 Å². The number of aryl methyl sites for hydroxylation is 3. The molecule has 1 aliphatic rings. The van der Waals surface area contributed by atoms with E-state index >= 15 is 0 Å². The van der Waals surface area contributed by atoms with Crippen LogP contribution in [0.25, 0.3) is 0 Å². The first-order chi connectivity index (χ1) is 12.4. The van der Waals surface area contributed by atoms with Crippen molar-refractivity contribution in [3.8, 4) is 0 Å². The molecule has 1 fully saturated rings. The number of amides is 1. The molecular formula is C20H28N4O2. The molecule has 6 heteroatoms. The summed E-state index contributed by atoms with van der Waals surface area (Å²) in [5, 5.41) is 0. The number of carbonyl (C=O) groups excluding carboxylic acids is 2. The van der Waals surface area contributed by atoms with Crippen molar-refractivity contribution in [3.05, 3.63) is 40.7 Å². The van der Waals surface area contributed by atoms with Crippen LogP contribution in [0.4, 0.5) is 0 Å². The number of H-pyrrole nitrogens is 1. The summed E-state index contributed by atoms with van der Waals surface area (Å²) >= 11 is 0. The minimum Gasteiger partial charge on any atom is -0.355 e. The van der Waals surface area contributed by atoms with E-state index in [-0.39, 0.29) is 17.7 Å². The van der Waals surface area contributed by atoms with E-state index in [4.69, 9.17) is 0 Å². The third-order valence-corrected chi connectivity index (χ3v) is 5.51. The Hall–Kier alpha value is -2.37. The molecule has 0 bridgehead atoms. The summed E-state index contributed by atoms with van der Waals surface area (Å²) in [6.45, 7) is 6.05. The van der Waals surface area contributed by atoms with Gasteiger partial charge >= 0.3 is 0 Å². The van der Waals surface area contributed by atoms with Gasteiger partial charge in [0, 0.05) is 51.1 Å². The van der Waals surface area contributed by atoms with Crippen LogP contribution in [-0.2, 0) is 13.5 Å². The number of likely N-dealkylation sites (tertiary alicyclic amines) is 1. The number of imidazole rings is 1. The lowest BCUT2D eigenvalue weighted by Crippen LogP contribution is -2.44. The van der Waals surface area contributed by atoms with Crippen molar-refractivity contribution in [3.63, 3.8) is 0 Å². The number of piperidine rings is 1. The highest BCUT2D eigenvalue weighted by molar-refractivity contribution is 6.02. The zero-order chi connectivity index (χ0) is 18.8. The van der Waals surface area contributed by atoms with E-state index in [0.717, 1.165) is 55.7 Å². The molecule has 0 unspecified atom stereocenters. The quantitative estimate of drug-likeness (QED) is 0.836. The van der Waals surface area contributed by atoms with Crippen LogP contribution in [0.15, 0.2) is 12.4 Å². The van der Waals surface area contributed by atoms with Gasteiger partial charge in [-0.05, 0) is 45.1 Å². The summed E-state index contributed by atoms with van der Waals surface area (Å²) in [5.41, 5.74) is 2.77.